The molecule has 0 saturated carbocycles. The Morgan fingerprint density at radius 3 is 2.68 bits per heavy atom. The van der Waals surface area contributed by atoms with E-state index in [9.17, 15) is 0 Å². The van der Waals surface area contributed by atoms with Crippen molar-refractivity contribution in [1.82, 2.24) is 15.2 Å². The molecule has 0 radical (unpaired) electrons. The van der Waals surface area contributed by atoms with Crippen molar-refractivity contribution < 1.29 is 4.74 Å². The zero-order valence-electron chi connectivity index (χ0n) is 12.9. The minimum Gasteiger partial charge on any atom is -0.476 e. The molecule has 0 amide bonds. The molecule has 0 spiro atoms. The monoisotopic (exact) mass is 265 g/mol. The molecule has 0 saturated heterocycles. The molecule has 0 aliphatic heterocycles. The lowest BCUT2D eigenvalue weighted by atomic mass is 10.2. The fraction of sp³-hybridized carbons (Fsp3) is 0.667. The fourth-order valence-electron chi connectivity index (χ4n) is 1.72. The Morgan fingerprint density at radius 1 is 1.32 bits per heavy atom. The maximum Gasteiger partial charge on any atom is 0.213 e. The number of aryl methyl sites for hydroxylation is 1. The van der Waals surface area contributed by atoms with Crippen LogP contribution in [0.1, 0.15) is 25.1 Å². The second kappa shape index (κ2) is 8.12. The van der Waals surface area contributed by atoms with E-state index in [1.54, 1.807) is 0 Å². The molecule has 0 fully saturated rings. The van der Waals surface area contributed by atoms with E-state index in [1.165, 1.54) is 5.56 Å². The highest BCUT2D eigenvalue weighted by molar-refractivity contribution is 5.24. The van der Waals surface area contributed by atoms with Crippen molar-refractivity contribution >= 4 is 0 Å². The summed E-state index contributed by atoms with van der Waals surface area (Å²) in [7, 11) is 4.07. The number of likely N-dealkylation sites (N-methyl/N-ethyl adjacent to an activating group) is 1. The van der Waals surface area contributed by atoms with Gasteiger partial charge in [0.05, 0.1) is 0 Å². The lowest BCUT2D eigenvalue weighted by molar-refractivity contribution is 0.253. The molecule has 1 aromatic rings. The second-order valence-corrected chi connectivity index (χ2v) is 5.63. The van der Waals surface area contributed by atoms with Crippen LogP contribution in [0.5, 0.6) is 5.88 Å². The van der Waals surface area contributed by atoms with E-state index in [0.717, 1.165) is 31.2 Å². The third-order valence-electron chi connectivity index (χ3n) is 2.66. The summed E-state index contributed by atoms with van der Waals surface area (Å²) in [5.74, 6) is 1.39. The predicted molar refractivity (Wildman–Crippen MR) is 79.6 cm³/mol. The number of hydrogen-bond donors (Lipinski definition) is 1. The molecule has 4 nitrogen and oxygen atoms in total. The molecule has 1 aromatic heterocycles. The summed E-state index contributed by atoms with van der Waals surface area (Å²) in [6.07, 6.45) is 0. The van der Waals surface area contributed by atoms with Crippen molar-refractivity contribution in [2.24, 2.45) is 5.92 Å². The summed E-state index contributed by atoms with van der Waals surface area (Å²) in [5, 5.41) is 3.44. The molecule has 1 rings (SSSR count). The Balaban J connectivity index is 2.51. The van der Waals surface area contributed by atoms with Gasteiger partial charge in [-0.1, -0.05) is 13.8 Å². The molecular weight excluding hydrogens is 238 g/mol. The Bertz CT molecular complexity index is 345. The van der Waals surface area contributed by atoms with E-state index in [2.05, 4.69) is 35.1 Å². The largest absolute Gasteiger partial charge is 0.476 e. The first-order valence-electron chi connectivity index (χ1n) is 6.93. The van der Waals surface area contributed by atoms with Gasteiger partial charge in [-0.2, -0.15) is 0 Å². The molecule has 0 unspecified atom stereocenters. The van der Waals surface area contributed by atoms with Gasteiger partial charge in [-0.25, -0.2) is 4.98 Å². The van der Waals surface area contributed by atoms with Gasteiger partial charge in [-0.3, -0.25) is 0 Å². The van der Waals surface area contributed by atoms with E-state index in [4.69, 9.17) is 4.74 Å². The van der Waals surface area contributed by atoms with Crippen LogP contribution in [0.15, 0.2) is 12.1 Å². The number of ether oxygens (including phenoxy) is 1. The quantitative estimate of drug-likeness (QED) is 0.781. The van der Waals surface area contributed by atoms with Crippen LogP contribution in [0.2, 0.25) is 0 Å². The predicted octanol–water partition coefficient (Wildman–Crippen LogP) is 2.08. The molecule has 19 heavy (non-hydrogen) atoms. The standard InChI is InChI=1S/C15H27N3O/c1-12(2)10-16-11-14-8-13(3)17-15(9-14)19-7-6-18(4)5/h8-9,12,16H,6-7,10-11H2,1-5H3. The minimum absolute atomic E-state index is 0.666. The van der Waals surface area contributed by atoms with Gasteiger partial charge in [0.1, 0.15) is 6.61 Å². The number of hydrogen-bond acceptors (Lipinski definition) is 4. The Hall–Kier alpha value is -1.13. The number of pyridine rings is 1. The maximum absolute atomic E-state index is 5.69. The molecule has 1 N–H and O–H groups in total. The van der Waals surface area contributed by atoms with E-state index < -0.39 is 0 Å². The summed E-state index contributed by atoms with van der Waals surface area (Å²) >= 11 is 0. The van der Waals surface area contributed by atoms with Crippen LogP contribution in [0.4, 0.5) is 0 Å². The number of nitrogens with zero attached hydrogens (tertiary/aromatic N) is 2. The molecule has 0 aliphatic carbocycles. The highest BCUT2D eigenvalue weighted by Crippen LogP contribution is 2.12. The maximum atomic E-state index is 5.69. The van der Waals surface area contributed by atoms with Crippen molar-refractivity contribution in [3.05, 3.63) is 23.4 Å². The topological polar surface area (TPSA) is 37.4 Å². The van der Waals surface area contributed by atoms with Gasteiger partial charge in [0.2, 0.25) is 5.88 Å². The average molecular weight is 265 g/mol. The molecule has 0 aromatic carbocycles. The molecule has 0 bridgehead atoms. The van der Waals surface area contributed by atoms with E-state index in [-0.39, 0.29) is 0 Å². The summed E-state index contributed by atoms with van der Waals surface area (Å²) in [5.41, 5.74) is 2.23. The SMILES string of the molecule is Cc1cc(CNCC(C)C)cc(OCCN(C)C)n1. The van der Waals surface area contributed by atoms with Gasteiger partial charge in [0.15, 0.2) is 0 Å². The minimum atomic E-state index is 0.666. The number of rotatable bonds is 8. The molecule has 4 heteroatoms. The average Bonchev–Trinajstić information content (AvgIpc) is 2.27. The van der Waals surface area contributed by atoms with Crippen LogP contribution in [-0.2, 0) is 6.54 Å². The van der Waals surface area contributed by atoms with Gasteiger partial charge in [-0.05, 0) is 45.1 Å². The summed E-state index contributed by atoms with van der Waals surface area (Å²) < 4.78 is 5.69. The lowest BCUT2D eigenvalue weighted by Crippen LogP contribution is -2.20. The van der Waals surface area contributed by atoms with Crippen molar-refractivity contribution in [3.63, 3.8) is 0 Å². The number of nitrogens with one attached hydrogen (secondary N) is 1. The molecule has 108 valence electrons. The Labute approximate surface area is 117 Å². The summed E-state index contributed by atoms with van der Waals surface area (Å²) in [6, 6.07) is 4.13. The first-order valence-corrected chi connectivity index (χ1v) is 6.93. The molecule has 0 atom stereocenters. The lowest BCUT2D eigenvalue weighted by Gasteiger charge is -2.12. The van der Waals surface area contributed by atoms with Crippen LogP contribution in [0, 0.1) is 12.8 Å². The second-order valence-electron chi connectivity index (χ2n) is 5.63. The van der Waals surface area contributed by atoms with E-state index in [0.29, 0.717) is 12.5 Å². The van der Waals surface area contributed by atoms with Crippen LogP contribution in [0.3, 0.4) is 0 Å². The first kappa shape index (κ1) is 15.9. The molecule has 0 aliphatic rings. The molecule has 1 heterocycles. The van der Waals surface area contributed by atoms with Crippen molar-refractivity contribution in [1.29, 1.82) is 0 Å². The van der Waals surface area contributed by atoms with Crippen molar-refractivity contribution in [2.45, 2.75) is 27.3 Å². The van der Waals surface area contributed by atoms with Crippen LogP contribution < -0.4 is 10.1 Å². The zero-order valence-corrected chi connectivity index (χ0v) is 12.9. The van der Waals surface area contributed by atoms with Gasteiger partial charge in [0, 0.05) is 24.8 Å². The van der Waals surface area contributed by atoms with Crippen molar-refractivity contribution in [2.75, 3.05) is 33.8 Å². The van der Waals surface area contributed by atoms with Crippen LogP contribution in [-0.4, -0.2) is 43.7 Å². The van der Waals surface area contributed by atoms with Crippen LogP contribution in [0.25, 0.3) is 0 Å². The van der Waals surface area contributed by atoms with Gasteiger partial charge in [-0.15, -0.1) is 0 Å². The van der Waals surface area contributed by atoms with Gasteiger partial charge >= 0.3 is 0 Å². The van der Waals surface area contributed by atoms with E-state index in [1.807, 2.05) is 27.1 Å². The third kappa shape index (κ3) is 7.13. The summed E-state index contributed by atoms with van der Waals surface area (Å²) in [4.78, 5) is 6.50. The number of aromatic nitrogens is 1. The van der Waals surface area contributed by atoms with Gasteiger partial charge in [0.25, 0.3) is 0 Å². The molecular formula is C15H27N3O. The van der Waals surface area contributed by atoms with Crippen molar-refractivity contribution in [3.8, 4) is 5.88 Å². The van der Waals surface area contributed by atoms with Crippen LogP contribution >= 0.6 is 0 Å². The van der Waals surface area contributed by atoms with E-state index >= 15 is 0 Å². The van der Waals surface area contributed by atoms with Gasteiger partial charge < -0.3 is 15.0 Å². The highest BCUT2D eigenvalue weighted by atomic mass is 16.5. The normalized spacial score (nSPS) is 11.3. The Morgan fingerprint density at radius 2 is 2.05 bits per heavy atom. The summed E-state index contributed by atoms with van der Waals surface area (Å²) in [6.45, 7) is 9.88. The fourth-order valence-corrected chi connectivity index (χ4v) is 1.72. The Kier molecular flexibility index (Phi) is 6.81. The highest BCUT2D eigenvalue weighted by Gasteiger charge is 2.02. The smallest absolute Gasteiger partial charge is 0.213 e. The first-order chi connectivity index (χ1) is 8.97. The third-order valence-corrected chi connectivity index (χ3v) is 2.66. The zero-order chi connectivity index (χ0) is 14.3.